The lowest BCUT2D eigenvalue weighted by molar-refractivity contribution is 0.147. The SMILES string of the molecule is OCCCC(O)c1cccc(F)c1F. The third-order valence-electron chi connectivity index (χ3n) is 1.98. The van der Waals surface area contributed by atoms with Crippen molar-refractivity contribution in [2.75, 3.05) is 6.61 Å². The lowest BCUT2D eigenvalue weighted by Crippen LogP contribution is -2.03. The minimum Gasteiger partial charge on any atom is -0.396 e. The van der Waals surface area contributed by atoms with Crippen molar-refractivity contribution in [3.05, 3.63) is 35.4 Å². The van der Waals surface area contributed by atoms with E-state index in [1.165, 1.54) is 12.1 Å². The van der Waals surface area contributed by atoms with Crippen LogP contribution in [0.25, 0.3) is 0 Å². The van der Waals surface area contributed by atoms with Crippen LogP contribution >= 0.6 is 0 Å². The van der Waals surface area contributed by atoms with Crippen molar-refractivity contribution < 1.29 is 19.0 Å². The maximum Gasteiger partial charge on any atom is 0.164 e. The minimum absolute atomic E-state index is 0.0570. The molecule has 1 atom stereocenters. The van der Waals surface area contributed by atoms with Gasteiger partial charge in [0.15, 0.2) is 11.6 Å². The molecule has 4 heteroatoms. The van der Waals surface area contributed by atoms with E-state index in [9.17, 15) is 13.9 Å². The number of rotatable bonds is 4. The van der Waals surface area contributed by atoms with Gasteiger partial charge in [-0.3, -0.25) is 0 Å². The number of halogens is 2. The van der Waals surface area contributed by atoms with Crippen molar-refractivity contribution in [3.8, 4) is 0 Å². The van der Waals surface area contributed by atoms with Crippen molar-refractivity contribution in [1.82, 2.24) is 0 Å². The molecule has 0 aromatic heterocycles. The van der Waals surface area contributed by atoms with E-state index in [0.29, 0.717) is 6.42 Å². The Hall–Kier alpha value is -1.00. The molecule has 0 aliphatic rings. The number of aliphatic hydroxyl groups is 2. The molecule has 1 aromatic carbocycles. The van der Waals surface area contributed by atoms with Crippen LogP contribution in [0, 0.1) is 11.6 Å². The van der Waals surface area contributed by atoms with Gasteiger partial charge in [0.25, 0.3) is 0 Å². The molecule has 14 heavy (non-hydrogen) atoms. The molecule has 0 fully saturated rings. The molecule has 0 amide bonds. The van der Waals surface area contributed by atoms with Gasteiger partial charge in [0, 0.05) is 12.2 Å². The largest absolute Gasteiger partial charge is 0.396 e. The Bertz CT molecular complexity index is 302. The van der Waals surface area contributed by atoms with Gasteiger partial charge < -0.3 is 10.2 Å². The molecular weight excluding hydrogens is 190 g/mol. The normalized spacial score (nSPS) is 12.9. The number of hydrogen-bond acceptors (Lipinski definition) is 2. The van der Waals surface area contributed by atoms with Crippen LogP contribution in [0.4, 0.5) is 8.78 Å². The predicted octanol–water partition coefficient (Wildman–Crippen LogP) is 1.77. The first kappa shape index (κ1) is 11.1. The first-order valence-corrected chi connectivity index (χ1v) is 4.39. The Morgan fingerprint density at radius 2 is 2.00 bits per heavy atom. The number of benzene rings is 1. The molecule has 2 nitrogen and oxygen atoms in total. The molecular formula is C10H12F2O2. The Morgan fingerprint density at radius 1 is 1.29 bits per heavy atom. The Labute approximate surface area is 80.8 Å². The summed E-state index contributed by atoms with van der Waals surface area (Å²) in [6, 6.07) is 3.67. The second-order valence-electron chi connectivity index (χ2n) is 3.02. The molecule has 1 unspecified atom stereocenters. The van der Waals surface area contributed by atoms with Gasteiger partial charge in [-0.05, 0) is 18.9 Å². The van der Waals surface area contributed by atoms with Crippen LogP contribution in [0.5, 0.6) is 0 Å². The van der Waals surface area contributed by atoms with Gasteiger partial charge in [-0.15, -0.1) is 0 Å². The van der Waals surface area contributed by atoms with Crippen LogP contribution in [-0.4, -0.2) is 16.8 Å². The summed E-state index contributed by atoms with van der Waals surface area (Å²) in [5.74, 6) is -1.98. The van der Waals surface area contributed by atoms with E-state index in [1.54, 1.807) is 0 Å². The van der Waals surface area contributed by atoms with E-state index in [-0.39, 0.29) is 18.6 Å². The van der Waals surface area contributed by atoms with E-state index < -0.39 is 17.7 Å². The van der Waals surface area contributed by atoms with Gasteiger partial charge in [0.2, 0.25) is 0 Å². The molecule has 1 rings (SSSR count). The van der Waals surface area contributed by atoms with Gasteiger partial charge in [-0.2, -0.15) is 0 Å². The van der Waals surface area contributed by atoms with Gasteiger partial charge in [0.1, 0.15) is 0 Å². The second kappa shape index (κ2) is 5.02. The van der Waals surface area contributed by atoms with E-state index in [2.05, 4.69) is 0 Å². The van der Waals surface area contributed by atoms with Crippen molar-refractivity contribution in [3.63, 3.8) is 0 Å². The van der Waals surface area contributed by atoms with Crippen molar-refractivity contribution >= 4 is 0 Å². The standard InChI is InChI=1S/C10H12F2O2/c11-8-4-1-3-7(10(8)12)9(14)5-2-6-13/h1,3-4,9,13-14H,2,5-6H2. The van der Waals surface area contributed by atoms with Crippen molar-refractivity contribution in [1.29, 1.82) is 0 Å². The van der Waals surface area contributed by atoms with E-state index in [4.69, 9.17) is 5.11 Å². The number of aliphatic hydroxyl groups excluding tert-OH is 2. The van der Waals surface area contributed by atoms with Crippen molar-refractivity contribution in [2.24, 2.45) is 0 Å². The summed E-state index contributed by atoms with van der Waals surface area (Å²) in [7, 11) is 0. The maximum atomic E-state index is 13.1. The summed E-state index contributed by atoms with van der Waals surface area (Å²) in [6.07, 6.45) is -0.480. The van der Waals surface area contributed by atoms with Crippen LogP contribution in [0.3, 0.4) is 0 Å². The highest BCUT2D eigenvalue weighted by Crippen LogP contribution is 2.22. The molecule has 0 radical (unpaired) electrons. The fraction of sp³-hybridized carbons (Fsp3) is 0.400. The Kier molecular flexibility index (Phi) is 3.98. The van der Waals surface area contributed by atoms with E-state index in [0.717, 1.165) is 6.07 Å². The third kappa shape index (κ3) is 2.49. The smallest absolute Gasteiger partial charge is 0.164 e. The maximum absolute atomic E-state index is 13.1. The molecule has 0 aliphatic carbocycles. The molecule has 1 aromatic rings. The topological polar surface area (TPSA) is 40.5 Å². The zero-order valence-electron chi connectivity index (χ0n) is 7.58. The lowest BCUT2D eigenvalue weighted by Gasteiger charge is -2.10. The summed E-state index contributed by atoms with van der Waals surface area (Å²) in [4.78, 5) is 0. The highest BCUT2D eigenvalue weighted by molar-refractivity contribution is 5.21. The lowest BCUT2D eigenvalue weighted by atomic mass is 10.0. The second-order valence-corrected chi connectivity index (χ2v) is 3.02. The summed E-state index contributed by atoms with van der Waals surface area (Å²) in [5.41, 5.74) is -0.0570. The van der Waals surface area contributed by atoms with Gasteiger partial charge in [0.05, 0.1) is 6.10 Å². The highest BCUT2D eigenvalue weighted by Gasteiger charge is 2.14. The van der Waals surface area contributed by atoms with E-state index in [1.807, 2.05) is 0 Å². The third-order valence-corrected chi connectivity index (χ3v) is 1.98. The van der Waals surface area contributed by atoms with Crippen molar-refractivity contribution in [2.45, 2.75) is 18.9 Å². The Balaban J connectivity index is 2.79. The summed E-state index contributed by atoms with van der Waals surface area (Å²) >= 11 is 0. The number of hydrogen-bond donors (Lipinski definition) is 2. The first-order chi connectivity index (χ1) is 6.66. The Morgan fingerprint density at radius 3 is 2.64 bits per heavy atom. The van der Waals surface area contributed by atoms with Gasteiger partial charge >= 0.3 is 0 Å². The van der Waals surface area contributed by atoms with Crippen LogP contribution in [0.1, 0.15) is 24.5 Å². The fourth-order valence-electron chi connectivity index (χ4n) is 1.22. The van der Waals surface area contributed by atoms with Gasteiger partial charge in [-0.1, -0.05) is 12.1 Å². The zero-order chi connectivity index (χ0) is 10.6. The molecule has 0 spiro atoms. The monoisotopic (exact) mass is 202 g/mol. The summed E-state index contributed by atoms with van der Waals surface area (Å²) < 4.78 is 25.8. The molecule has 0 aliphatic heterocycles. The highest BCUT2D eigenvalue weighted by atomic mass is 19.2. The molecule has 0 saturated heterocycles. The van der Waals surface area contributed by atoms with Crippen LogP contribution in [0.2, 0.25) is 0 Å². The molecule has 0 bridgehead atoms. The van der Waals surface area contributed by atoms with Gasteiger partial charge in [-0.25, -0.2) is 8.78 Å². The fourth-order valence-corrected chi connectivity index (χ4v) is 1.22. The van der Waals surface area contributed by atoms with Crippen LogP contribution < -0.4 is 0 Å². The first-order valence-electron chi connectivity index (χ1n) is 4.39. The summed E-state index contributed by atoms with van der Waals surface area (Å²) in [5, 5.41) is 17.9. The molecule has 0 heterocycles. The molecule has 0 saturated carbocycles. The quantitative estimate of drug-likeness (QED) is 0.781. The zero-order valence-corrected chi connectivity index (χ0v) is 7.58. The predicted molar refractivity (Wildman–Crippen MR) is 47.6 cm³/mol. The average Bonchev–Trinajstić information content (AvgIpc) is 2.18. The molecule has 2 N–H and O–H groups in total. The van der Waals surface area contributed by atoms with Crippen LogP contribution in [0.15, 0.2) is 18.2 Å². The van der Waals surface area contributed by atoms with Crippen LogP contribution in [-0.2, 0) is 0 Å². The molecule has 78 valence electrons. The summed E-state index contributed by atoms with van der Waals surface area (Å²) in [6.45, 7) is -0.0754. The van der Waals surface area contributed by atoms with E-state index >= 15 is 0 Å². The minimum atomic E-state index is -1.06. The average molecular weight is 202 g/mol.